The van der Waals surface area contributed by atoms with Crippen molar-refractivity contribution in [3.05, 3.63) is 41.6 Å². The second-order valence-corrected chi connectivity index (χ2v) is 14.2. The van der Waals surface area contributed by atoms with Crippen molar-refractivity contribution in [3.8, 4) is 5.75 Å². The van der Waals surface area contributed by atoms with Gasteiger partial charge in [0.25, 0.3) is 0 Å². The second kappa shape index (κ2) is 10.3. The van der Waals surface area contributed by atoms with Crippen LogP contribution in [0.1, 0.15) is 40.2 Å². The number of halogens is 1. The first-order valence-electron chi connectivity index (χ1n) is 11.9. The number of amides is 2. The van der Waals surface area contributed by atoms with Crippen molar-refractivity contribution < 1.29 is 28.0 Å². The summed E-state index contributed by atoms with van der Waals surface area (Å²) in [4.78, 5) is 27.0. The zero-order valence-corrected chi connectivity index (χ0v) is 22.4. The number of alkyl halides is 1. The van der Waals surface area contributed by atoms with Gasteiger partial charge in [-0.25, -0.2) is 4.79 Å². The van der Waals surface area contributed by atoms with Crippen molar-refractivity contribution in [1.29, 1.82) is 0 Å². The molecule has 0 aliphatic carbocycles. The lowest BCUT2D eigenvalue weighted by molar-refractivity contribution is -0.798. The van der Waals surface area contributed by atoms with E-state index in [2.05, 4.69) is 20.8 Å². The Labute approximate surface area is 203 Å². The number of fused-ring (bicyclic) bond motifs is 1. The predicted molar refractivity (Wildman–Crippen MR) is 131 cm³/mol. The molecule has 2 aliphatic rings. The SMILES string of the molecule is CC[Si](CC)(CC)OC(C)[C@H]1C(=O)[N+]2(C(=O)OCc3ccc(OC)cc3)C=C(CCl)C(C)[C@@H]12. The minimum atomic E-state index is -1.89. The van der Waals surface area contributed by atoms with Gasteiger partial charge in [0.05, 0.1) is 13.2 Å². The molecular weight excluding hydrogens is 458 g/mol. The fraction of sp³-hybridized carbons (Fsp3) is 0.600. The number of carbonyl (C=O) groups excluding carboxylic acids is 2. The number of carbonyl (C=O) groups is 2. The van der Waals surface area contributed by atoms with E-state index >= 15 is 0 Å². The van der Waals surface area contributed by atoms with Gasteiger partial charge in [0, 0.05) is 17.4 Å². The monoisotopic (exact) mass is 494 g/mol. The van der Waals surface area contributed by atoms with Crippen molar-refractivity contribution in [2.24, 2.45) is 11.8 Å². The number of methoxy groups -OCH3 is 1. The maximum Gasteiger partial charge on any atom is 0.529 e. The van der Waals surface area contributed by atoms with Gasteiger partial charge in [-0.05, 0) is 42.8 Å². The van der Waals surface area contributed by atoms with E-state index in [0.29, 0.717) is 0 Å². The Kier molecular flexibility index (Phi) is 8.10. The van der Waals surface area contributed by atoms with Gasteiger partial charge in [-0.3, -0.25) is 0 Å². The second-order valence-electron chi connectivity index (χ2n) is 9.23. The number of ether oxygens (including phenoxy) is 2. The van der Waals surface area contributed by atoms with E-state index in [4.69, 9.17) is 25.5 Å². The molecule has 3 unspecified atom stereocenters. The molecular formula is C25H37ClNO5Si+. The van der Waals surface area contributed by atoms with Gasteiger partial charge < -0.3 is 13.9 Å². The van der Waals surface area contributed by atoms with E-state index in [1.165, 1.54) is 0 Å². The van der Waals surface area contributed by atoms with Crippen molar-refractivity contribution in [2.45, 2.75) is 71.5 Å². The molecule has 182 valence electrons. The zero-order chi connectivity index (χ0) is 24.4. The summed E-state index contributed by atoms with van der Waals surface area (Å²) in [6.07, 6.45) is 0.954. The average molecular weight is 495 g/mol. The first-order chi connectivity index (χ1) is 15.7. The van der Waals surface area contributed by atoms with Crippen LogP contribution in [0.4, 0.5) is 4.79 Å². The number of nitrogens with zero attached hydrogens (tertiary/aromatic N) is 1. The van der Waals surface area contributed by atoms with Crippen molar-refractivity contribution in [2.75, 3.05) is 13.0 Å². The molecule has 0 radical (unpaired) electrons. The van der Waals surface area contributed by atoms with Crippen LogP contribution in [0.25, 0.3) is 0 Å². The third-order valence-electron chi connectivity index (χ3n) is 7.81. The van der Waals surface area contributed by atoms with Crippen LogP contribution in [0.5, 0.6) is 5.75 Å². The molecule has 3 rings (SSSR count). The highest BCUT2D eigenvalue weighted by molar-refractivity contribution is 6.73. The number of rotatable bonds is 10. The number of β-lactam (4-membered cyclic amide) rings is 1. The van der Waals surface area contributed by atoms with Crippen molar-refractivity contribution >= 4 is 31.9 Å². The van der Waals surface area contributed by atoms with Crippen LogP contribution in [-0.4, -0.2) is 49.9 Å². The van der Waals surface area contributed by atoms with E-state index < -0.39 is 18.9 Å². The summed E-state index contributed by atoms with van der Waals surface area (Å²) in [6, 6.07) is 10.1. The molecule has 1 fully saturated rings. The van der Waals surface area contributed by atoms with E-state index in [-0.39, 0.29) is 42.4 Å². The van der Waals surface area contributed by atoms with Crippen LogP contribution in [0, 0.1) is 11.8 Å². The fourth-order valence-corrected chi connectivity index (χ4v) is 8.71. The van der Waals surface area contributed by atoms with Gasteiger partial charge in [-0.1, -0.05) is 39.8 Å². The van der Waals surface area contributed by atoms with Crippen LogP contribution >= 0.6 is 11.6 Å². The Morgan fingerprint density at radius 3 is 2.27 bits per heavy atom. The smallest absolute Gasteiger partial charge is 0.497 e. The van der Waals surface area contributed by atoms with Gasteiger partial charge in [0.2, 0.25) is 0 Å². The molecule has 33 heavy (non-hydrogen) atoms. The van der Waals surface area contributed by atoms with Gasteiger partial charge in [-0.15, -0.1) is 16.1 Å². The summed E-state index contributed by atoms with van der Waals surface area (Å²) in [7, 11) is -0.291. The largest absolute Gasteiger partial charge is 0.529 e. The van der Waals surface area contributed by atoms with Crippen molar-refractivity contribution in [3.63, 3.8) is 0 Å². The Morgan fingerprint density at radius 1 is 1.15 bits per heavy atom. The molecule has 1 saturated heterocycles. The number of imide groups is 1. The normalized spacial score (nSPS) is 27.4. The van der Waals surface area contributed by atoms with Crippen molar-refractivity contribution in [1.82, 2.24) is 0 Å². The van der Waals surface area contributed by atoms with E-state index in [0.717, 1.165) is 35.0 Å². The molecule has 5 atom stereocenters. The van der Waals surface area contributed by atoms with Crippen LogP contribution in [0.3, 0.4) is 0 Å². The zero-order valence-electron chi connectivity index (χ0n) is 20.6. The molecule has 0 aromatic heterocycles. The van der Waals surface area contributed by atoms with Gasteiger partial charge in [0.1, 0.15) is 24.6 Å². The van der Waals surface area contributed by atoms with Crippen LogP contribution in [-0.2, 0) is 20.6 Å². The van der Waals surface area contributed by atoms with E-state index in [1.807, 2.05) is 38.1 Å². The van der Waals surface area contributed by atoms with E-state index in [9.17, 15) is 9.59 Å². The molecule has 1 aromatic carbocycles. The first kappa shape index (κ1) is 25.9. The Balaban J connectivity index is 1.81. The maximum atomic E-state index is 13.6. The third-order valence-corrected chi connectivity index (χ3v) is 12.9. The Hall–Kier alpha value is -1.67. The molecule has 0 N–H and O–H groups in total. The summed E-state index contributed by atoms with van der Waals surface area (Å²) in [5.41, 5.74) is 1.75. The van der Waals surface area contributed by atoms with Crippen LogP contribution in [0.2, 0.25) is 18.1 Å². The highest BCUT2D eigenvalue weighted by Crippen LogP contribution is 2.51. The molecule has 0 spiro atoms. The highest BCUT2D eigenvalue weighted by Gasteiger charge is 2.75. The van der Waals surface area contributed by atoms with Gasteiger partial charge in [-0.2, -0.15) is 4.79 Å². The minimum Gasteiger partial charge on any atom is -0.497 e. The minimum absolute atomic E-state index is 0.00531. The molecule has 1 aromatic rings. The number of quaternary nitrogens is 1. The number of hydrogen-bond acceptors (Lipinski definition) is 5. The molecule has 2 aliphatic heterocycles. The molecule has 0 bridgehead atoms. The highest BCUT2D eigenvalue weighted by atomic mass is 35.5. The van der Waals surface area contributed by atoms with Crippen LogP contribution < -0.4 is 4.74 Å². The summed E-state index contributed by atoms with van der Waals surface area (Å²) < 4.78 is 17.1. The topological polar surface area (TPSA) is 61.8 Å². The summed E-state index contributed by atoms with van der Waals surface area (Å²) in [6.45, 7) is 10.7. The first-order valence-corrected chi connectivity index (χ1v) is 15.0. The number of hydrogen-bond donors (Lipinski definition) is 0. The summed E-state index contributed by atoms with van der Waals surface area (Å²) in [5, 5.41) is 0. The lowest BCUT2D eigenvalue weighted by Crippen LogP contribution is -2.76. The fourth-order valence-electron chi connectivity index (χ4n) is 5.46. The van der Waals surface area contributed by atoms with Crippen LogP contribution in [0.15, 0.2) is 36.0 Å². The molecule has 2 heterocycles. The lowest BCUT2D eigenvalue weighted by Gasteiger charge is -2.49. The lowest BCUT2D eigenvalue weighted by atomic mass is 9.75. The quantitative estimate of drug-likeness (QED) is 0.176. The third kappa shape index (κ3) is 4.40. The Morgan fingerprint density at radius 2 is 1.76 bits per heavy atom. The Bertz CT molecular complexity index is 892. The van der Waals surface area contributed by atoms with Gasteiger partial charge >= 0.3 is 12.0 Å². The molecule has 2 amide bonds. The molecule has 0 saturated carbocycles. The van der Waals surface area contributed by atoms with E-state index in [1.54, 1.807) is 13.3 Å². The average Bonchev–Trinajstić information content (AvgIpc) is 3.10. The summed E-state index contributed by atoms with van der Waals surface area (Å²) in [5.74, 6) is 0.532. The predicted octanol–water partition coefficient (Wildman–Crippen LogP) is 5.86. The number of benzene rings is 1. The molecule has 6 nitrogen and oxygen atoms in total. The summed E-state index contributed by atoms with van der Waals surface area (Å²) >= 11 is 6.20. The molecule has 8 heteroatoms. The van der Waals surface area contributed by atoms with Gasteiger partial charge in [0.15, 0.2) is 14.2 Å². The maximum absolute atomic E-state index is 13.6. The standard InChI is InChI=1S/C25H37ClNO5Si/c1-7-33(8-2,9-3)32-18(5)22-23-17(4)20(14-26)15-27(23,24(22)28)25(29)31-16-19-10-12-21(30-6)13-11-19/h10-13,15,17-18,22-23H,7-9,14,16H2,1-6H3/q+1/t17?,18?,22-,23+,27?/m1/s1.